The van der Waals surface area contributed by atoms with Crippen LogP contribution in [0, 0.1) is 5.82 Å². The summed E-state index contributed by atoms with van der Waals surface area (Å²) >= 11 is 0. The van der Waals surface area contributed by atoms with Gasteiger partial charge in [0.05, 0.1) is 27.0 Å². The van der Waals surface area contributed by atoms with Crippen LogP contribution in [0.25, 0.3) is 5.69 Å². The van der Waals surface area contributed by atoms with Crippen molar-refractivity contribution in [3.8, 4) is 22.9 Å². The Hall–Kier alpha value is -4.08. The molecule has 1 aliphatic rings. The highest BCUT2D eigenvalue weighted by Gasteiger charge is 2.27. The molecule has 0 atom stereocenters. The molecule has 9 nitrogen and oxygen atoms in total. The molecule has 3 aromatic rings. The van der Waals surface area contributed by atoms with Crippen LogP contribution in [0.1, 0.15) is 38.5 Å². The first-order chi connectivity index (χ1) is 16.0. The number of hydrazine groups is 1. The number of carbonyl (C=O) groups is 2. The standard InChI is InChI=1S/C23H23FN4O5/c1-31-18-11-13(12-19(32-2)21(18)33-3)22(29)25-26-23(30)20-16-5-4-6-17(16)28(27-20)15-9-7-14(24)8-10-15/h7-12H,4-6H2,1-3H3,(H,25,29)(H,26,30). The van der Waals surface area contributed by atoms with Crippen molar-refractivity contribution in [3.63, 3.8) is 0 Å². The first kappa shape index (κ1) is 22.1. The van der Waals surface area contributed by atoms with E-state index in [-0.39, 0.29) is 17.1 Å². The monoisotopic (exact) mass is 454 g/mol. The fraction of sp³-hybridized carbons (Fsp3) is 0.261. The second-order valence-electron chi connectivity index (χ2n) is 7.34. The van der Waals surface area contributed by atoms with E-state index in [0.29, 0.717) is 29.4 Å². The molecule has 0 spiro atoms. The lowest BCUT2D eigenvalue weighted by atomic mass is 10.1. The van der Waals surface area contributed by atoms with E-state index in [1.165, 1.54) is 45.6 Å². The van der Waals surface area contributed by atoms with Crippen molar-refractivity contribution < 1.29 is 28.2 Å². The van der Waals surface area contributed by atoms with Gasteiger partial charge in [-0.05, 0) is 55.7 Å². The number of aromatic nitrogens is 2. The quantitative estimate of drug-likeness (QED) is 0.555. The summed E-state index contributed by atoms with van der Waals surface area (Å²) in [6.45, 7) is 0. The number of hydrogen-bond acceptors (Lipinski definition) is 6. The molecule has 1 heterocycles. The first-order valence-corrected chi connectivity index (χ1v) is 10.2. The maximum Gasteiger partial charge on any atom is 0.290 e. The van der Waals surface area contributed by atoms with E-state index in [1.807, 2.05) is 0 Å². The third-order valence-corrected chi connectivity index (χ3v) is 5.43. The number of ether oxygens (including phenoxy) is 3. The Morgan fingerprint density at radius 2 is 1.58 bits per heavy atom. The zero-order valence-corrected chi connectivity index (χ0v) is 18.4. The molecule has 2 aromatic carbocycles. The third kappa shape index (κ3) is 4.19. The number of nitrogens with one attached hydrogen (secondary N) is 2. The molecule has 2 amide bonds. The summed E-state index contributed by atoms with van der Waals surface area (Å²) in [7, 11) is 4.35. The molecule has 0 aliphatic heterocycles. The Morgan fingerprint density at radius 3 is 2.18 bits per heavy atom. The minimum atomic E-state index is -0.572. The van der Waals surface area contributed by atoms with Crippen molar-refractivity contribution in [2.75, 3.05) is 21.3 Å². The van der Waals surface area contributed by atoms with Crippen LogP contribution >= 0.6 is 0 Å². The lowest BCUT2D eigenvalue weighted by Gasteiger charge is -2.14. The largest absolute Gasteiger partial charge is 0.493 e. The molecule has 0 unspecified atom stereocenters. The van der Waals surface area contributed by atoms with Crippen molar-refractivity contribution in [3.05, 3.63) is 64.7 Å². The highest BCUT2D eigenvalue weighted by atomic mass is 19.1. The van der Waals surface area contributed by atoms with E-state index in [9.17, 15) is 14.0 Å². The maximum atomic E-state index is 13.3. The lowest BCUT2D eigenvalue weighted by molar-refractivity contribution is 0.0843. The molecule has 0 bridgehead atoms. The summed E-state index contributed by atoms with van der Waals surface area (Å²) in [5.41, 5.74) is 7.62. The number of amides is 2. The number of carbonyl (C=O) groups excluding carboxylic acids is 2. The van der Waals surface area contributed by atoms with Crippen molar-refractivity contribution in [2.24, 2.45) is 0 Å². The van der Waals surface area contributed by atoms with Gasteiger partial charge in [0.2, 0.25) is 5.75 Å². The number of nitrogens with zero attached hydrogens (tertiary/aromatic N) is 2. The average Bonchev–Trinajstić information content (AvgIpc) is 3.45. The second kappa shape index (κ2) is 9.19. The third-order valence-electron chi connectivity index (χ3n) is 5.43. The average molecular weight is 454 g/mol. The molecule has 2 N–H and O–H groups in total. The van der Waals surface area contributed by atoms with Gasteiger partial charge < -0.3 is 14.2 Å². The molecule has 0 saturated heterocycles. The molecule has 0 radical (unpaired) electrons. The van der Waals surface area contributed by atoms with Gasteiger partial charge >= 0.3 is 0 Å². The molecule has 0 fully saturated rings. The summed E-state index contributed by atoms with van der Waals surface area (Å²) in [5, 5.41) is 4.43. The van der Waals surface area contributed by atoms with Crippen LogP contribution in [0.5, 0.6) is 17.2 Å². The number of fused-ring (bicyclic) bond motifs is 1. The highest BCUT2D eigenvalue weighted by molar-refractivity contribution is 5.99. The van der Waals surface area contributed by atoms with E-state index in [0.717, 1.165) is 24.1 Å². The number of hydrogen-bond donors (Lipinski definition) is 2. The maximum absolute atomic E-state index is 13.3. The Kier molecular flexibility index (Phi) is 6.16. The van der Waals surface area contributed by atoms with Crippen molar-refractivity contribution in [2.45, 2.75) is 19.3 Å². The topological polar surface area (TPSA) is 104 Å². The molecule has 4 rings (SSSR count). The van der Waals surface area contributed by atoms with Crippen LogP contribution in [-0.4, -0.2) is 42.9 Å². The molecule has 33 heavy (non-hydrogen) atoms. The second-order valence-corrected chi connectivity index (χ2v) is 7.34. The van der Waals surface area contributed by atoms with E-state index >= 15 is 0 Å². The Labute approximate surface area is 189 Å². The van der Waals surface area contributed by atoms with Gasteiger partial charge in [-0.1, -0.05) is 0 Å². The van der Waals surface area contributed by atoms with Crippen LogP contribution in [0.2, 0.25) is 0 Å². The van der Waals surface area contributed by atoms with Crippen molar-refractivity contribution >= 4 is 11.8 Å². The Morgan fingerprint density at radius 1 is 0.939 bits per heavy atom. The molecular formula is C23H23FN4O5. The first-order valence-electron chi connectivity index (χ1n) is 10.2. The summed E-state index contributed by atoms with van der Waals surface area (Å²) in [6.07, 6.45) is 2.33. The zero-order chi connectivity index (χ0) is 23.5. The van der Waals surface area contributed by atoms with E-state index in [4.69, 9.17) is 14.2 Å². The fourth-order valence-electron chi connectivity index (χ4n) is 3.87. The smallest absolute Gasteiger partial charge is 0.290 e. The summed E-state index contributed by atoms with van der Waals surface area (Å²) in [5.74, 6) is -0.502. The van der Waals surface area contributed by atoms with Gasteiger partial charge in [0, 0.05) is 16.8 Å². The van der Waals surface area contributed by atoms with E-state index < -0.39 is 11.8 Å². The van der Waals surface area contributed by atoms with Gasteiger partial charge in [0.25, 0.3) is 11.8 Å². The zero-order valence-electron chi connectivity index (χ0n) is 18.4. The summed E-state index contributed by atoms with van der Waals surface area (Å²) < 4.78 is 30.7. The summed E-state index contributed by atoms with van der Waals surface area (Å²) in [6, 6.07) is 8.85. The summed E-state index contributed by atoms with van der Waals surface area (Å²) in [4.78, 5) is 25.5. The molecule has 10 heteroatoms. The predicted molar refractivity (Wildman–Crippen MR) is 117 cm³/mol. The lowest BCUT2D eigenvalue weighted by Crippen LogP contribution is -2.42. The normalized spacial score (nSPS) is 12.1. The Bertz CT molecular complexity index is 1180. The molecule has 172 valence electrons. The SMILES string of the molecule is COc1cc(C(=O)NNC(=O)c2nn(-c3ccc(F)cc3)c3c2CCC3)cc(OC)c1OC. The van der Waals surface area contributed by atoms with E-state index in [2.05, 4.69) is 16.0 Å². The Balaban J connectivity index is 1.54. The van der Waals surface area contributed by atoms with Crippen LogP contribution in [0.15, 0.2) is 36.4 Å². The number of halogens is 1. The van der Waals surface area contributed by atoms with Crippen LogP contribution in [0.3, 0.4) is 0 Å². The van der Waals surface area contributed by atoms with Gasteiger partial charge in [-0.25, -0.2) is 9.07 Å². The van der Waals surface area contributed by atoms with Gasteiger partial charge in [0.15, 0.2) is 17.2 Å². The molecular weight excluding hydrogens is 431 g/mol. The number of methoxy groups -OCH3 is 3. The van der Waals surface area contributed by atoms with Crippen LogP contribution < -0.4 is 25.1 Å². The van der Waals surface area contributed by atoms with Crippen molar-refractivity contribution in [1.82, 2.24) is 20.6 Å². The van der Waals surface area contributed by atoms with Gasteiger partial charge in [-0.3, -0.25) is 20.4 Å². The molecule has 1 aliphatic carbocycles. The van der Waals surface area contributed by atoms with Gasteiger partial charge in [-0.2, -0.15) is 5.10 Å². The predicted octanol–water partition coefficient (Wildman–Crippen LogP) is 2.60. The van der Waals surface area contributed by atoms with Gasteiger partial charge in [0.1, 0.15) is 5.82 Å². The van der Waals surface area contributed by atoms with Crippen LogP contribution in [-0.2, 0) is 12.8 Å². The van der Waals surface area contributed by atoms with Crippen molar-refractivity contribution in [1.29, 1.82) is 0 Å². The fourth-order valence-corrected chi connectivity index (χ4v) is 3.87. The van der Waals surface area contributed by atoms with Crippen LogP contribution in [0.4, 0.5) is 4.39 Å². The van der Waals surface area contributed by atoms with Gasteiger partial charge in [-0.15, -0.1) is 0 Å². The molecule has 1 aromatic heterocycles. The minimum Gasteiger partial charge on any atom is -0.493 e. The number of rotatable bonds is 6. The molecule has 0 saturated carbocycles. The minimum absolute atomic E-state index is 0.201. The number of benzene rings is 2. The van der Waals surface area contributed by atoms with E-state index in [1.54, 1.807) is 16.8 Å². The highest BCUT2D eigenvalue weighted by Crippen LogP contribution is 2.38.